The summed E-state index contributed by atoms with van der Waals surface area (Å²) in [5.74, 6) is 0. The van der Waals surface area contributed by atoms with Gasteiger partial charge in [-0.3, -0.25) is 0 Å². The molecule has 4 rings (SSSR count). The maximum atomic E-state index is 10.9. The zero-order valence-electron chi connectivity index (χ0n) is 16.1. The van der Waals surface area contributed by atoms with E-state index in [-0.39, 0.29) is 6.61 Å². The number of hydrogen-bond donors (Lipinski definition) is 1. The van der Waals surface area contributed by atoms with E-state index in [0.29, 0.717) is 13.2 Å². The lowest BCUT2D eigenvalue weighted by molar-refractivity contribution is -0.365. The van der Waals surface area contributed by atoms with Gasteiger partial charge in [0.2, 0.25) is 0 Å². The average Bonchev–Trinajstić information content (AvgIpc) is 2.78. The van der Waals surface area contributed by atoms with E-state index in [9.17, 15) is 5.11 Å². The number of aliphatic hydroxyl groups excluding tert-OH is 1. The van der Waals surface area contributed by atoms with Crippen LogP contribution in [0.5, 0.6) is 0 Å². The van der Waals surface area contributed by atoms with Crippen molar-refractivity contribution in [2.24, 2.45) is 0 Å². The maximum Gasteiger partial charge on any atom is 0.187 e. The third-order valence-electron chi connectivity index (χ3n) is 5.04. The van der Waals surface area contributed by atoms with Gasteiger partial charge in [-0.25, -0.2) is 0 Å². The lowest BCUT2D eigenvalue weighted by Gasteiger charge is -2.47. The zero-order valence-corrected chi connectivity index (χ0v) is 16.1. The summed E-state index contributed by atoms with van der Waals surface area (Å²) < 4.78 is 29.7. The lowest BCUT2D eigenvalue weighted by atomic mass is 9.97. The molecule has 154 valence electrons. The molecule has 2 aliphatic rings. The van der Waals surface area contributed by atoms with Crippen molar-refractivity contribution in [3.05, 3.63) is 84.4 Å². The van der Waals surface area contributed by atoms with E-state index in [4.69, 9.17) is 23.7 Å². The van der Waals surface area contributed by atoms with Crippen LogP contribution in [0.2, 0.25) is 0 Å². The number of aliphatic hydroxyl groups is 1. The van der Waals surface area contributed by atoms with E-state index in [2.05, 4.69) is 6.58 Å². The molecule has 2 aliphatic heterocycles. The molecule has 6 nitrogen and oxygen atoms in total. The third-order valence-corrected chi connectivity index (χ3v) is 5.04. The number of hydrogen-bond acceptors (Lipinski definition) is 6. The Kier molecular flexibility index (Phi) is 6.71. The van der Waals surface area contributed by atoms with Crippen molar-refractivity contribution >= 4 is 0 Å². The molecule has 29 heavy (non-hydrogen) atoms. The fourth-order valence-electron chi connectivity index (χ4n) is 3.60. The number of ether oxygens (including phenoxy) is 5. The van der Waals surface area contributed by atoms with Gasteiger partial charge in [-0.2, -0.15) is 0 Å². The van der Waals surface area contributed by atoms with Crippen LogP contribution in [0.15, 0.2) is 73.3 Å². The largest absolute Gasteiger partial charge is 0.385 e. The summed E-state index contributed by atoms with van der Waals surface area (Å²) >= 11 is 0. The van der Waals surface area contributed by atoms with Crippen LogP contribution in [0.25, 0.3) is 0 Å². The summed E-state index contributed by atoms with van der Waals surface area (Å²) in [7, 11) is 0. The van der Waals surface area contributed by atoms with Crippen molar-refractivity contribution in [1.29, 1.82) is 0 Å². The highest BCUT2D eigenvalue weighted by molar-refractivity contribution is 5.17. The minimum Gasteiger partial charge on any atom is -0.385 e. The molecular formula is C23H26O6. The fourth-order valence-corrected chi connectivity index (χ4v) is 3.60. The van der Waals surface area contributed by atoms with Crippen LogP contribution >= 0.6 is 0 Å². The van der Waals surface area contributed by atoms with Crippen molar-refractivity contribution in [2.45, 2.75) is 43.6 Å². The highest BCUT2D eigenvalue weighted by Crippen LogP contribution is 2.35. The van der Waals surface area contributed by atoms with Gasteiger partial charge in [0, 0.05) is 5.56 Å². The van der Waals surface area contributed by atoms with E-state index >= 15 is 0 Å². The van der Waals surface area contributed by atoms with Gasteiger partial charge >= 0.3 is 0 Å². The van der Waals surface area contributed by atoms with E-state index in [1.807, 2.05) is 60.7 Å². The zero-order chi connectivity index (χ0) is 20.1. The molecular weight excluding hydrogens is 372 g/mol. The van der Waals surface area contributed by atoms with Gasteiger partial charge in [-0.1, -0.05) is 66.7 Å². The quantitative estimate of drug-likeness (QED) is 0.724. The second kappa shape index (κ2) is 9.63. The van der Waals surface area contributed by atoms with Gasteiger partial charge in [-0.05, 0) is 5.56 Å². The Morgan fingerprint density at radius 3 is 2.45 bits per heavy atom. The first kappa shape index (κ1) is 20.2. The van der Waals surface area contributed by atoms with Crippen LogP contribution in [-0.2, 0) is 30.3 Å². The van der Waals surface area contributed by atoms with Crippen LogP contribution < -0.4 is 0 Å². The number of rotatable bonds is 7. The summed E-state index contributed by atoms with van der Waals surface area (Å²) in [5.41, 5.74) is 1.92. The van der Waals surface area contributed by atoms with Crippen LogP contribution in [0.4, 0.5) is 0 Å². The van der Waals surface area contributed by atoms with Crippen LogP contribution in [0, 0.1) is 0 Å². The Morgan fingerprint density at radius 2 is 1.72 bits per heavy atom. The molecule has 6 atom stereocenters. The van der Waals surface area contributed by atoms with Crippen molar-refractivity contribution in [2.75, 3.05) is 13.2 Å². The highest BCUT2D eigenvalue weighted by atomic mass is 16.8. The van der Waals surface area contributed by atoms with Crippen molar-refractivity contribution in [3.63, 3.8) is 0 Å². The second-order valence-electron chi connectivity index (χ2n) is 7.09. The molecule has 2 heterocycles. The maximum absolute atomic E-state index is 10.9. The second-order valence-corrected chi connectivity index (χ2v) is 7.09. The highest BCUT2D eigenvalue weighted by Gasteiger charge is 2.50. The van der Waals surface area contributed by atoms with E-state index in [0.717, 1.165) is 11.1 Å². The molecule has 0 saturated carbocycles. The normalized spacial score (nSPS) is 31.8. The first-order valence-corrected chi connectivity index (χ1v) is 9.80. The Labute approximate surface area is 170 Å². The third kappa shape index (κ3) is 4.75. The van der Waals surface area contributed by atoms with Gasteiger partial charge in [0.05, 0.1) is 19.8 Å². The monoisotopic (exact) mass is 398 g/mol. The SMILES string of the molecule is C=CCO[C@@H]1O[C@@H]2COC(c3ccccc3)O[C@@H]2[C@@H](OCc2ccccc2)[C@@H]1O. The van der Waals surface area contributed by atoms with Gasteiger partial charge in [-0.15, -0.1) is 6.58 Å². The van der Waals surface area contributed by atoms with Crippen molar-refractivity contribution in [3.8, 4) is 0 Å². The Morgan fingerprint density at radius 1 is 1.00 bits per heavy atom. The molecule has 6 heteroatoms. The summed E-state index contributed by atoms with van der Waals surface area (Å²) in [5, 5.41) is 10.9. The Hall–Kier alpha value is -2.06. The lowest BCUT2D eigenvalue weighted by Crippen LogP contribution is -2.63. The molecule has 0 radical (unpaired) electrons. The van der Waals surface area contributed by atoms with E-state index in [1.54, 1.807) is 6.08 Å². The molecule has 0 spiro atoms. The molecule has 2 fully saturated rings. The predicted octanol–water partition coefficient (Wildman–Crippen LogP) is 2.97. The van der Waals surface area contributed by atoms with E-state index < -0.39 is 37.0 Å². The Balaban J connectivity index is 1.51. The first-order valence-electron chi connectivity index (χ1n) is 9.80. The molecule has 0 amide bonds. The van der Waals surface area contributed by atoms with Crippen LogP contribution in [0.3, 0.4) is 0 Å². The molecule has 0 bridgehead atoms. The fraction of sp³-hybridized carbons (Fsp3) is 0.391. The minimum atomic E-state index is -1.01. The van der Waals surface area contributed by atoms with Gasteiger partial charge in [0.15, 0.2) is 12.6 Å². The Bertz CT molecular complexity index is 767. The summed E-state index contributed by atoms with van der Waals surface area (Å²) in [6.07, 6.45) is -2.29. The average molecular weight is 398 g/mol. The number of benzene rings is 2. The summed E-state index contributed by atoms with van der Waals surface area (Å²) in [6.45, 7) is 4.57. The molecule has 0 aliphatic carbocycles. The van der Waals surface area contributed by atoms with Crippen molar-refractivity contribution in [1.82, 2.24) is 0 Å². The molecule has 2 saturated heterocycles. The summed E-state index contributed by atoms with van der Waals surface area (Å²) in [4.78, 5) is 0. The topological polar surface area (TPSA) is 66.4 Å². The molecule has 0 aromatic heterocycles. The van der Waals surface area contributed by atoms with Gasteiger partial charge in [0.25, 0.3) is 0 Å². The van der Waals surface area contributed by atoms with Crippen molar-refractivity contribution < 1.29 is 28.8 Å². The summed E-state index contributed by atoms with van der Waals surface area (Å²) in [6, 6.07) is 19.5. The smallest absolute Gasteiger partial charge is 0.187 e. The first-order chi connectivity index (χ1) is 14.3. The predicted molar refractivity (Wildman–Crippen MR) is 106 cm³/mol. The molecule has 1 N–H and O–H groups in total. The minimum absolute atomic E-state index is 0.263. The molecule has 2 aromatic carbocycles. The molecule has 1 unspecified atom stereocenters. The van der Waals surface area contributed by atoms with Crippen LogP contribution in [0.1, 0.15) is 17.4 Å². The van der Waals surface area contributed by atoms with Crippen LogP contribution in [-0.4, -0.2) is 49.0 Å². The van der Waals surface area contributed by atoms with E-state index in [1.165, 1.54) is 0 Å². The van der Waals surface area contributed by atoms with Gasteiger partial charge in [0.1, 0.15) is 24.4 Å². The molecule has 2 aromatic rings. The standard InChI is InChI=1S/C23H26O6/c1-2-13-25-23-19(24)21(26-14-16-9-5-3-6-10-16)20-18(28-23)15-27-22(29-20)17-11-7-4-8-12-17/h2-12,18-24H,1,13-15H2/t18-,19+,20+,21+,22?,23-/m1/s1. The van der Waals surface area contributed by atoms with Gasteiger partial charge < -0.3 is 28.8 Å². The number of fused-ring (bicyclic) bond motifs is 1.